The van der Waals surface area contributed by atoms with E-state index in [1.165, 1.54) is 0 Å². The summed E-state index contributed by atoms with van der Waals surface area (Å²) < 4.78 is 21.2. The third-order valence-corrected chi connectivity index (χ3v) is 5.22. The van der Waals surface area contributed by atoms with Gasteiger partial charge in [0.05, 0.1) is 21.3 Å². The largest absolute Gasteiger partial charge is 0.497 e. The molecule has 2 amide bonds. The lowest BCUT2D eigenvalue weighted by atomic mass is 10.2. The lowest BCUT2D eigenvalue weighted by Crippen LogP contribution is -2.34. The second kappa shape index (κ2) is 8.95. The number of nitrogens with zero attached hydrogens (tertiary/aromatic N) is 3. The molecule has 1 aliphatic heterocycles. The van der Waals surface area contributed by atoms with Crippen molar-refractivity contribution in [2.24, 2.45) is 0 Å². The molecule has 0 bridgehead atoms. The molecular weight excluding hydrogens is 400 g/mol. The number of ether oxygens (including phenoxy) is 3. The van der Waals surface area contributed by atoms with Crippen LogP contribution in [0.3, 0.4) is 0 Å². The molecule has 1 N–H and O–H groups in total. The van der Waals surface area contributed by atoms with Gasteiger partial charge in [0.2, 0.25) is 11.7 Å². The summed E-state index contributed by atoms with van der Waals surface area (Å²) in [5.74, 6) is 2.78. The number of rotatable bonds is 6. The maximum Gasteiger partial charge on any atom is 0.322 e. The van der Waals surface area contributed by atoms with E-state index in [2.05, 4.69) is 15.5 Å². The van der Waals surface area contributed by atoms with E-state index < -0.39 is 0 Å². The first-order valence-corrected chi connectivity index (χ1v) is 9.90. The number of aromatic nitrogens is 2. The first-order valence-electron chi connectivity index (χ1n) is 9.90. The Balaban J connectivity index is 1.49. The zero-order valence-electron chi connectivity index (χ0n) is 17.6. The van der Waals surface area contributed by atoms with Crippen molar-refractivity contribution in [2.75, 3.05) is 33.2 Å². The van der Waals surface area contributed by atoms with Crippen LogP contribution in [0.4, 0.5) is 10.5 Å². The zero-order valence-corrected chi connectivity index (χ0v) is 17.6. The van der Waals surface area contributed by atoms with Crippen LogP contribution in [0.5, 0.6) is 17.2 Å². The molecule has 3 aromatic rings. The number of urea groups is 1. The monoisotopic (exact) mass is 424 g/mol. The van der Waals surface area contributed by atoms with Crippen molar-refractivity contribution in [1.82, 2.24) is 15.0 Å². The van der Waals surface area contributed by atoms with Crippen LogP contribution in [0.25, 0.3) is 11.4 Å². The van der Waals surface area contributed by atoms with Gasteiger partial charge in [-0.05, 0) is 49.2 Å². The number of benzene rings is 2. The summed E-state index contributed by atoms with van der Waals surface area (Å²) >= 11 is 0. The zero-order chi connectivity index (χ0) is 21.8. The van der Waals surface area contributed by atoms with Gasteiger partial charge < -0.3 is 29.0 Å². The van der Waals surface area contributed by atoms with Gasteiger partial charge in [-0.15, -0.1) is 0 Å². The summed E-state index contributed by atoms with van der Waals surface area (Å²) in [6.07, 6.45) is 1.61. The summed E-state index contributed by atoms with van der Waals surface area (Å²) in [5.41, 5.74) is 1.42. The number of hydrogen-bond donors (Lipinski definition) is 1. The SMILES string of the molecule is COc1ccc(-c2noc(C3CCCN3C(=O)Nc3ccc(OC)c(OC)c3)n2)cc1. The Bertz CT molecular complexity index is 1050. The summed E-state index contributed by atoms with van der Waals surface area (Å²) in [6.45, 7) is 0.601. The van der Waals surface area contributed by atoms with E-state index in [0.29, 0.717) is 35.4 Å². The van der Waals surface area contributed by atoms with Crippen LogP contribution in [0.15, 0.2) is 47.0 Å². The standard InChI is InChI=1S/C22H24N4O5/c1-28-16-9-6-14(7-10-16)20-24-21(31-25-20)17-5-4-12-26(17)22(27)23-15-8-11-18(29-2)19(13-15)30-3/h6-11,13,17H,4-5,12H2,1-3H3,(H,23,27). The van der Waals surface area contributed by atoms with Gasteiger partial charge in [-0.3, -0.25) is 0 Å². The number of methoxy groups -OCH3 is 3. The van der Waals surface area contributed by atoms with Crippen LogP contribution < -0.4 is 19.5 Å². The third-order valence-electron chi connectivity index (χ3n) is 5.22. The maximum atomic E-state index is 12.9. The average Bonchev–Trinajstić information content (AvgIpc) is 3.48. The summed E-state index contributed by atoms with van der Waals surface area (Å²) in [5, 5.41) is 7.00. The number of amides is 2. The molecule has 0 spiro atoms. The number of hydrogen-bond acceptors (Lipinski definition) is 7. The number of carbonyl (C=O) groups excluding carboxylic acids is 1. The molecule has 2 heterocycles. The van der Waals surface area contributed by atoms with E-state index in [9.17, 15) is 4.79 Å². The van der Waals surface area contributed by atoms with Gasteiger partial charge in [0.25, 0.3) is 0 Å². The highest BCUT2D eigenvalue weighted by Gasteiger charge is 2.34. The molecule has 0 aliphatic carbocycles. The maximum absolute atomic E-state index is 12.9. The summed E-state index contributed by atoms with van der Waals surface area (Å²) in [4.78, 5) is 19.2. The number of anilines is 1. The smallest absolute Gasteiger partial charge is 0.322 e. The van der Waals surface area contributed by atoms with E-state index in [1.54, 1.807) is 44.4 Å². The summed E-state index contributed by atoms with van der Waals surface area (Å²) in [7, 11) is 4.73. The van der Waals surface area contributed by atoms with E-state index in [-0.39, 0.29) is 12.1 Å². The van der Waals surface area contributed by atoms with Crippen molar-refractivity contribution in [3.8, 4) is 28.6 Å². The molecule has 1 fully saturated rings. The predicted octanol–water partition coefficient (Wildman–Crippen LogP) is 4.13. The molecule has 1 aliphatic rings. The highest BCUT2D eigenvalue weighted by atomic mass is 16.5. The number of carbonyl (C=O) groups is 1. The third kappa shape index (κ3) is 4.25. The summed E-state index contributed by atoms with van der Waals surface area (Å²) in [6, 6.07) is 12.1. The highest BCUT2D eigenvalue weighted by Crippen LogP contribution is 2.34. The molecule has 0 radical (unpaired) electrons. The van der Waals surface area contributed by atoms with Crippen molar-refractivity contribution in [2.45, 2.75) is 18.9 Å². The molecule has 9 nitrogen and oxygen atoms in total. The van der Waals surface area contributed by atoms with Gasteiger partial charge in [-0.2, -0.15) is 4.98 Å². The average molecular weight is 424 g/mol. The molecule has 31 heavy (non-hydrogen) atoms. The topological polar surface area (TPSA) is 99.0 Å². The molecular formula is C22H24N4O5. The fourth-order valence-electron chi connectivity index (χ4n) is 3.60. The van der Waals surface area contributed by atoms with Crippen LogP contribution in [0.2, 0.25) is 0 Å². The Morgan fingerprint density at radius 1 is 1.06 bits per heavy atom. The van der Waals surface area contributed by atoms with Gasteiger partial charge in [0, 0.05) is 23.9 Å². The molecule has 1 aromatic heterocycles. The van der Waals surface area contributed by atoms with Crippen LogP contribution in [-0.2, 0) is 0 Å². The van der Waals surface area contributed by atoms with Gasteiger partial charge >= 0.3 is 6.03 Å². The molecule has 9 heteroatoms. The molecule has 1 atom stereocenters. The van der Waals surface area contributed by atoms with E-state index in [0.717, 1.165) is 24.2 Å². The van der Waals surface area contributed by atoms with Gasteiger partial charge in [-0.25, -0.2) is 4.79 Å². The minimum absolute atomic E-state index is 0.237. The van der Waals surface area contributed by atoms with Gasteiger partial charge in [-0.1, -0.05) is 5.16 Å². The molecule has 162 valence electrons. The van der Waals surface area contributed by atoms with Crippen molar-refractivity contribution in [3.63, 3.8) is 0 Å². The molecule has 2 aromatic carbocycles. The van der Waals surface area contributed by atoms with Crippen LogP contribution in [-0.4, -0.2) is 48.9 Å². The second-order valence-corrected chi connectivity index (χ2v) is 7.04. The lowest BCUT2D eigenvalue weighted by Gasteiger charge is -2.22. The van der Waals surface area contributed by atoms with Crippen molar-refractivity contribution >= 4 is 11.7 Å². The van der Waals surface area contributed by atoms with Gasteiger partial charge in [0.15, 0.2) is 11.5 Å². The van der Waals surface area contributed by atoms with Crippen molar-refractivity contribution in [1.29, 1.82) is 0 Å². The predicted molar refractivity (Wildman–Crippen MR) is 114 cm³/mol. The molecule has 4 rings (SSSR count). The quantitative estimate of drug-likeness (QED) is 0.635. The minimum atomic E-state index is -0.278. The normalized spacial score (nSPS) is 15.6. The molecule has 0 saturated carbocycles. The fourth-order valence-corrected chi connectivity index (χ4v) is 3.60. The molecule has 1 unspecified atom stereocenters. The Hall–Kier alpha value is -3.75. The number of nitrogens with one attached hydrogen (secondary N) is 1. The van der Waals surface area contributed by atoms with E-state index >= 15 is 0 Å². The molecule has 1 saturated heterocycles. The van der Waals surface area contributed by atoms with Crippen LogP contribution in [0, 0.1) is 0 Å². The first-order chi connectivity index (χ1) is 15.1. The van der Waals surface area contributed by atoms with Crippen molar-refractivity contribution in [3.05, 3.63) is 48.4 Å². The highest BCUT2D eigenvalue weighted by molar-refractivity contribution is 5.90. The number of likely N-dealkylation sites (tertiary alicyclic amines) is 1. The Morgan fingerprint density at radius 2 is 1.84 bits per heavy atom. The van der Waals surface area contributed by atoms with Crippen LogP contribution in [0.1, 0.15) is 24.8 Å². The van der Waals surface area contributed by atoms with E-state index in [1.807, 2.05) is 24.3 Å². The second-order valence-electron chi connectivity index (χ2n) is 7.04. The minimum Gasteiger partial charge on any atom is -0.497 e. The fraction of sp³-hybridized carbons (Fsp3) is 0.318. The van der Waals surface area contributed by atoms with E-state index in [4.69, 9.17) is 18.7 Å². The first kappa shape index (κ1) is 20.5. The van der Waals surface area contributed by atoms with Crippen molar-refractivity contribution < 1.29 is 23.5 Å². The Morgan fingerprint density at radius 3 is 2.55 bits per heavy atom. The van der Waals surface area contributed by atoms with Gasteiger partial charge in [0.1, 0.15) is 11.8 Å². The lowest BCUT2D eigenvalue weighted by molar-refractivity contribution is 0.193. The Labute approximate surface area is 179 Å². The van der Waals surface area contributed by atoms with Crippen LogP contribution >= 0.6 is 0 Å². The Kier molecular flexibility index (Phi) is 5.92.